The van der Waals surface area contributed by atoms with Crippen molar-refractivity contribution in [2.45, 2.75) is 5.92 Å². The van der Waals surface area contributed by atoms with E-state index in [9.17, 15) is 10.1 Å². The standard InChI is InChI=1S/C31H32N10O/c1-37(2)20-26(22-7-5-4-6-8-22)31(42)40-13-11-39(12-14-40)28-10-9-23(16-33-28)29-30-24(15-32)17-35-41(30)21-27(36-29)25-18-34-38(3)19-25/h4-10,16-19,21,26H,11-14,20H2,1-3H3/t26-/m0/s1. The van der Waals surface area contributed by atoms with Crippen LogP contribution in [0.1, 0.15) is 17.0 Å². The van der Waals surface area contributed by atoms with Crippen molar-refractivity contribution in [2.75, 3.05) is 51.7 Å². The third-order valence-corrected chi connectivity index (χ3v) is 7.60. The molecule has 6 rings (SSSR count). The summed E-state index contributed by atoms with van der Waals surface area (Å²) >= 11 is 0. The molecule has 1 aliphatic heterocycles. The maximum absolute atomic E-state index is 13.6. The number of carbonyl (C=O) groups excluding carboxylic acids is 1. The zero-order valence-corrected chi connectivity index (χ0v) is 23.9. The third kappa shape index (κ3) is 5.32. The molecule has 212 valence electrons. The number of nitrogens with zero attached hydrogens (tertiary/aromatic N) is 10. The Morgan fingerprint density at radius 3 is 2.40 bits per heavy atom. The molecule has 1 aliphatic rings. The van der Waals surface area contributed by atoms with E-state index in [0.29, 0.717) is 55.2 Å². The minimum atomic E-state index is -0.196. The molecule has 5 aromatic rings. The van der Waals surface area contributed by atoms with Crippen molar-refractivity contribution in [2.24, 2.45) is 7.05 Å². The average molecular weight is 561 g/mol. The number of hydrogen-bond acceptors (Lipinski definition) is 8. The first kappa shape index (κ1) is 27.1. The lowest BCUT2D eigenvalue weighted by atomic mass is 9.96. The van der Waals surface area contributed by atoms with Crippen LogP contribution in [0, 0.1) is 11.3 Å². The molecule has 1 saturated heterocycles. The van der Waals surface area contributed by atoms with Gasteiger partial charge in [0.1, 0.15) is 23.0 Å². The molecule has 0 spiro atoms. The Bertz CT molecular complexity index is 1740. The number of aryl methyl sites for hydroxylation is 1. The van der Waals surface area contributed by atoms with Gasteiger partial charge in [0.25, 0.3) is 0 Å². The Balaban J connectivity index is 1.21. The SMILES string of the molecule is CN(C)C[C@H](C(=O)N1CCN(c2ccc(-c3nc(-c4cnn(C)c4)cn4ncc(C#N)c34)cn2)CC1)c1ccccc1. The summed E-state index contributed by atoms with van der Waals surface area (Å²) in [5.41, 5.74) is 5.10. The number of carbonyl (C=O) groups is 1. The predicted octanol–water partition coefficient (Wildman–Crippen LogP) is 3.06. The summed E-state index contributed by atoms with van der Waals surface area (Å²) in [4.78, 5) is 29.5. The van der Waals surface area contributed by atoms with Gasteiger partial charge in [-0.1, -0.05) is 30.3 Å². The molecular weight excluding hydrogens is 528 g/mol. The van der Waals surface area contributed by atoms with Crippen molar-refractivity contribution >= 4 is 17.2 Å². The van der Waals surface area contributed by atoms with E-state index in [2.05, 4.69) is 26.1 Å². The second-order valence-corrected chi connectivity index (χ2v) is 10.8. The molecule has 1 amide bonds. The van der Waals surface area contributed by atoms with Crippen molar-refractivity contribution in [1.29, 1.82) is 5.26 Å². The van der Waals surface area contributed by atoms with Gasteiger partial charge in [-0.2, -0.15) is 15.5 Å². The van der Waals surface area contributed by atoms with Crippen LogP contribution >= 0.6 is 0 Å². The van der Waals surface area contributed by atoms with Gasteiger partial charge in [0.15, 0.2) is 0 Å². The van der Waals surface area contributed by atoms with Gasteiger partial charge in [-0.3, -0.25) is 9.48 Å². The van der Waals surface area contributed by atoms with Crippen LogP contribution in [-0.4, -0.2) is 91.9 Å². The van der Waals surface area contributed by atoms with Gasteiger partial charge in [-0.25, -0.2) is 14.5 Å². The van der Waals surface area contributed by atoms with Crippen molar-refractivity contribution in [3.8, 4) is 28.6 Å². The van der Waals surface area contributed by atoms with Crippen LogP contribution in [0.2, 0.25) is 0 Å². The van der Waals surface area contributed by atoms with Crippen LogP contribution in [0.4, 0.5) is 5.82 Å². The van der Waals surface area contributed by atoms with Crippen LogP contribution < -0.4 is 4.90 Å². The monoisotopic (exact) mass is 560 g/mol. The summed E-state index contributed by atoms with van der Waals surface area (Å²) < 4.78 is 3.41. The number of nitriles is 1. The molecule has 11 nitrogen and oxygen atoms in total. The van der Waals surface area contributed by atoms with Crippen molar-refractivity contribution in [3.05, 3.63) is 84.6 Å². The van der Waals surface area contributed by atoms with E-state index in [1.807, 2.05) is 74.7 Å². The lowest BCUT2D eigenvalue weighted by molar-refractivity contribution is -0.133. The summed E-state index contributed by atoms with van der Waals surface area (Å²) in [7, 11) is 5.86. The molecule has 4 aromatic heterocycles. The number of benzene rings is 1. The fraction of sp³-hybridized carbons (Fsp3) is 0.290. The zero-order valence-electron chi connectivity index (χ0n) is 23.9. The fourth-order valence-electron chi connectivity index (χ4n) is 5.46. The maximum Gasteiger partial charge on any atom is 0.231 e. The fourth-order valence-corrected chi connectivity index (χ4v) is 5.46. The lowest BCUT2D eigenvalue weighted by Gasteiger charge is -2.37. The highest BCUT2D eigenvalue weighted by molar-refractivity contribution is 5.85. The van der Waals surface area contributed by atoms with E-state index >= 15 is 0 Å². The smallest absolute Gasteiger partial charge is 0.231 e. The Hall–Kier alpha value is -5.08. The topological polar surface area (TPSA) is 111 Å². The van der Waals surface area contributed by atoms with E-state index in [1.165, 1.54) is 0 Å². The molecule has 0 unspecified atom stereocenters. The number of piperazine rings is 1. The van der Waals surface area contributed by atoms with Gasteiger partial charge in [0.05, 0.1) is 35.9 Å². The molecule has 1 atom stereocenters. The molecule has 0 saturated carbocycles. The quantitative estimate of drug-likeness (QED) is 0.299. The second-order valence-electron chi connectivity index (χ2n) is 10.8. The summed E-state index contributed by atoms with van der Waals surface area (Å²) in [6.45, 7) is 3.33. The Labute approximate surface area is 244 Å². The number of aromatic nitrogens is 6. The Morgan fingerprint density at radius 2 is 1.76 bits per heavy atom. The van der Waals surface area contributed by atoms with Crippen LogP contribution in [0.15, 0.2) is 73.4 Å². The Kier molecular flexibility index (Phi) is 7.37. The van der Waals surface area contributed by atoms with E-state index in [-0.39, 0.29) is 11.8 Å². The first-order valence-corrected chi connectivity index (χ1v) is 13.9. The summed E-state index contributed by atoms with van der Waals surface area (Å²) in [5, 5.41) is 18.4. The van der Waals surface area contributed by atoms with Crippen molar-refractivity contribution < 1.29 is 4.79 Å². The number of rotatable bonds is 7. The molecule has 1 aromatic carbocycles. The first-order valence-electron chi connectivity index (χ1n) is 13.9. The third-order valence-electron chi connectivity index (χ3n) is 7.60. The normalized spacial score (nSPS) is 14.4. The number of amides is 1. The van der Waals surface area contributed by atoms with Crippen LogP contribution in [0.25, 0.3) is 28.0 Å². The van der Waals surface area contributed by atoms with E-state index in [0.717, 1.165) is 22.5 Å². The number of pyridine rings is 1. The predicted molar refractivity (Wildman–Crippen MR) is 160 cm³/mol. The van der Waals surface area contributed by atoms with Gasteiger partial charge in [0, 0.05) is 63.3 Å². The largest absolute Gasteiger partial charge is 0.353 e. The number of hydrogen-bond donors (Lipinski definition) is 0. The molecular formula is C31H32N10O. The lowest BCUT2D eigenvalue weighted by Crippen LogP contribution is -2.51. The van der Waals surface area contributed by atoms with Crippen molar-refractivity contribution in [3.63, 3.8) is 0 Å². The van der Waals surface area contributed by atoms with Gasteiger partial charge in [0.2, 0.25) is 5.91 Å². The van der Waals surface area contributed by atoms with E-state index in [4.69, 9.17) is 9.97 Å². The second kappa shape index (κ2) is 11.4. The van der Waals surface area contributed by atoms with Crippen LogP contribution in [0.5, 0.6) is 0 Å². The average Bonchev–Trinajstić information content (AvgIpc) is 3.65. The van der Waals surface area contributed by atoms with E-state index in [1.54, 1.807) is 34.0 Å². The zero-order chi connectivity index (χ0) is 29.2. The van der Waals surface area contributed by atoms with Gasteiger partial charge >= 0.3 is 0 Å². The van der Waals surface area contributed by atoms with Crippen molar-refractivity contribution in [1.82, 2.24) is 39.2 Å². The highest BCUT2D eigenvalue weighted by Crippen LogP contribution is 2.29. The van der Waals surface area contributed by atoms with E-state index < -0.39 is 0 Å². The van der Waals surface area contributed by atoms with Gasteiger partial charge < -0.3 is 14.7 Å². The molecule has 0 radical (unpaired) electrons. The number of likely N-dealkylation sites (N-methyl/N-ethyl adjacent to an activating group) is 1. The van der Waals surface area contributed by atoms with Crippen LogP contribution in [-0.2, 0) is 11.8 Å². The maximum atomic E-state index is 13.6. The molecule has 0 bridgehead atoms. The first-order chi connectivity index (χ1) is 20.4. The highest BCUT2D eigenvalue weighted by atomic mass is 16.2. The molecule has 0 aliphatic carbocycles. The van der Waals surface area contributed by atoms with Crippen LogP contribution in [0.3, 0.4) is 0 Å². The highest BCUT2D eigenvalue weighted by Gasteiger charge is 2.29. The summed E-state index contributed by atoms with van der Waals surface area (Å²) in [6.07, 6.45) is 8.79. The molecule has 1 fully saturated rings. The minimum Gasteiger partial charge on any atom is -0.353 e. The molecule has 42 heavy (non-hydrogen) atoms. The van der Waals surface area contributed by atoms with Gasteiger partial charge in [-0.05, 0) is 31.8 Å². The minimum absolute atomic E-state index is 0.163. The molecule has 11 heteroatoms. The molecule has 0 N–H and O–H groups in total. The molecule has 5 heterocycles. The summed E-state index contributed by atoms with van der Waals surface area (Å²) in [6, 6.07) is 16.2. The summed E-state index contributed by atoms with van der Waals surface area (Å²) in [5.74, 6) is 0.807. The Morgan fingerprint density at radius 1 is 0.976 bits per heavy atom. The number of anilines is 1. The number of fused-ring (bicyclic) bond motifs is 1. The van der Waals surface area contributed by atoms with Gasteiger partial charge in [-0.15, -0.1) is 0 Å².